The van der Waals surface area contributed by atoms with Crippen molar-refractivity contribution in [1.29, 1.82) is 0 Å². The van der Waals surface area contributed by atoms with Gasteiger partial charge in [-0.15, -0.1) is 0 Å². The fraction of sp³-hybridized carbons (Fsp3) is 0.562. The van der Waals surface area contributed by atoms with Crippen molar-refractivity contribution in [3.63, 3.8) is 0 Å². The molecule has 5 heteroatoms. The van der Waals surface area contributed by atoms with Crippen molar-refractivity contribution in [2.75, 3.05) is 0 Å². The number of oxime groups is 1. The molecule has 0 aliphatic heterocycles. The lowest BCUT2D eigenvalue weighted by molar-refractivity contribution is 0.318. The first-order valence-corrected chi connectivity index (χ1v) is 7.56. The zero-order valence-corrected chi connectivity index (χ0v) is 12.6. The third kappa shape index (κ3) is 3.53. The van der Waals surface area contributed by atoms with E-state index in [9.17, 15) is 4.39 Å². The van der Waals surface area contributed by atoms with Crippen LogP contribution < -0.4 is 11.1 Å². The summed E-state index contributed by atoms with van der Waals surface area (Å²) in [6, 6.07) is 4.86. The number of rotatable bonds is 5. The van der Waals surface area contributed by atoms with Crippen molar-refractivity contribution in [2.24, 2.45) is 22.7 Å². The molecular formula is C16H24FN3O. The van der Waals surface area contributed by atoms with Crippen LogP contribution in [0.1, 0.15) is 44.2 Å². The van der Waals surface area contributed by atoms with Crippen molar-refractivity contribution in [2.45, 2.75) is 45.7 Å². The van der Waals surface area contributed by atoms with Gasteiger partial charge >= 0.3 is 0 Å². The lowest BCUT2D eigenvalue weighted by Gasteiger charge is -2.21. The van der Waals surface area contributed by atoms with Crippen LogP contribution in [0.4, 0.5) is 4.39 Å². The molecule has 1 fully saturated rings. The molecule has 1 aromatic rings. The Morgan fingerprint density at radius 3 is 2.86 bits per heavy atom. The summed E-state index contributed by atoms with van der Waals surface area (Å²) in [7, 11) is 0. The van der Waals surface area contributed by atoms with E-state index in [1.807, 2.05) is 0 Å². The van der Waals surface area contributed by atoms with E-state index in [4.69, 9.17) is 10.9 Å². The Labute approximate surface area is 125 Å². The Hall–Kier alpha value is -1.62. The SMILES string of the molecule is CCC1CCC(NCc2ccc(F)cc2C(N)=NO)C1C. The van der Waals surface area contributed by atoms with Gasteiger partial charge in [0.25, 0.3) is 0 Å². The average molecular weight is 293 g/mol. The molecule has 0 saturated heterocycles. The van der Waals surface area contributed by atoms with Crippen LogP contribution in [-0.2, 0) is 6.54 Å². The van der Waals surface area contributed by atoms with Crippen LogP contribution >= 0.6 is 0 Å². The molecule has 116 valence electrons. The largest absolute Gasteiger partial charge is 0.409 e. The van der Waals surface area contributed by atoms with E-state index in [1.54, 1.807) is 6.07 Å². The highest BCUT2D eigenvalue weighted by atomic mass is 19.1. The van der Waals surface area contributed by atoms with Gasteiger partial charge in [0, 0.05) is 18.2 Å². The minimum atomic E-state index is -0.388. The van der Waals surface area contributed by atoms with Gasteiger partial charge in [-0.25, -0.2) is 4.39 Å². The zero-order chi connectivity index (χ0) is 15.4. The summed E-state index contributed by atoms with van der Waals surface area (Å²) in [6.45, 7) is 5.12. The quantitative estimate of drug-likeness (QED) is 0.338. The van der Waals surface area contributed by atoms with Gasteiger partial charge in [-0.2, -0.15) is 0 Å². The molecule has 1 aromatic carbocycles. The molecule has 0 bridgehead atoms. The topological polar surface area (TPSA) is 70.6 Å². The number of halogens is 1. The summed E-state index contributed by atoms with van der Waals surface area (Å²) in [5.41, 5.74) is 6.92. The molecule has 3 unspecified atom stereocenters. The second-order valence-electron chi connectivity index (χ2n) is 5.88. The van der Waals surface area contributed by atoms with Crippen molar-refractivity contribution >= 4 is 5.84 Å². The normalized spacial score (nSPS) is 26.2. The van der Waals surface area contributed by atoms with Gasteiger partial charge in [0.15, 0.2) is 5.84 Å². The Bertz CT molecular complexity index is 518. The fourth-order valence-electron chi connectivity index (χ4n) is 3.35. The maximum absolute atomic E-state index is 13.3. The average Bonchev–Trinajstić information content (AvgIpc) is 2.85. The summed E-state index contributed by atoms with van der Waals surface area (Å²) in [4.78, 5) is 0. The van der Waals surface area contributed by atoms with Crippen molar-refractivity contribution in [1.82, 2.24) is 5.32 Å². The number of nitrogens with zero attached hydrogens (tertiary/aromatic N) is 1. The number of nitrogens with two attached hydrogens (primary N) is 1. The number of amidine groups is 1. The van der Waals surface area contributed by atoms with Crippen LogP contribution in [0.15, 0.2) is 23.4 Å². The molecule has 4 nitrogen and oxygen atoms in total. The van der Waals surface area contributed by atoms with Crippen LogP contribution in [0.2, 0.25) is 0 Å². The van der Waals surface area contributed by atoms with Gasteiger partial charge in [0.1, 0.15) is 5.82 Å². The van der Waals surface area contributed by atoms with E-state index in [2.05, 4.69) is 24.3 Å². The van der Waals surface area contributed by atoms with Gasteiger partial charge in [0.2, 0.25) is 0 Å². The predicted molar refractivity (Wildman–Crippen MR) is 81.7 cm³/mol. The Balaban J connectivity index is 2.07. The van der Waals surface area contributed by atoms with Crippen LogP contribution in [0.25, 0.3) is 0 Å². The summed E-state index contributed by atoms with van der Waals surface area (Å²) in [5.74, 6) is 0.972. The first kappa shape index (κ1) is 15.8. The van der Waals surface area contributed by atoms with Gasteiger partial charge in [0.05, 0.1) is 0 Å². The molecule has 1 saturated carbocycles. The first-order chi connectivity index (χ1) is 10.1. The van der Waals surface area contributed by atoms with E-state index in [0.717, 1.165) is 11.5 Å². The summed E-state index contributed by atoms with van der Waals surface area (Å²) in [5, 5.41) is 15.3. The van der Waals surface area contributed by atoms with E-state index in [0.29, 0.717) is 24.1 Å². The van der Waals surface area contributed by atoms with Gasteiger partial charge in [-0.1, -0.05) is 31.5 Å². The van der Waals surface area contributed by atoms with E-state index < -0.39 is 0 Å². The molecule has 3 atom stereocenters. The zero-order valence-electron chi connectivity index (χ0n) is 12.6. The van der Waals surface area contributed by atoms with Crippen molar-refractivity contribution < 1.29 is 9.60 Å². The Morgan fingerprint density at radius 2 is 2.24 bits per heavy atom. The molecule has 0 aromatic heterocycles. The second kappa shape index (κ2) is 6.89. The number of hydrogen-bond acceptors (Lipinski definition) is 3. The third-order valence-electron chi connectivity index (χ3n) is 4.76. The molecule has 4 N–H and O–H groups in total. The van der Waals surface area contributed by atoms with Crippen molar-refractivity contribution in [3.8, 4) is 0 Å². The van der Waals surface area contributed by atoms with Crippen LogP contribution in [0, 0.1) is 17.7 Å². The summed E-state index contributed by atoms with van der Waals surface area (Å²) < 4.78 is 13.3. The predicted octanol–water partition coefficient (Wildman–Crippen LogP) is 2.83. The van der Waals surface area contributed by atoms with Crippen LogP contribution in [0.5, 0.6) is 0 Å². The van der Waals surface area contributed by atoms with Gasteiger partial charge < -0.3 is 16.3 Å². The molecule has 0 amide bonds. The lowest BCUT2D eigenvalue weighted by Crippen LogP contribution is -2.33. The minimum Gasteiger partial charge on any atom is -0.409 e. The van der Waals surface area contributed by atoms with Crippen LogP contribution in [0.3, 0.4) is 0 Å². The maximum Gasteiger partial charge on any atom is 0.170 e. The first-order valence-electron chi connectivity index (χ1n) is 7.56. The molecule has 2 rings (SSSR count). The third-order valence-corrected chi connectivity index (χ3v) is 4.76. The highest BCUT2D eigenvalue weighted by Crippen LogP contribution is 2.34. The molecule has 0 spiro atoms. The highest BCUT2D eigenvalue weighted by molar-refractivity contribution is 5.98. The number of hydrogen-bond donors (Lipinski definition) is 3. The minimum absolute atomic E-state index is 0.0581. The molecule has 1 aliphatic carbocycles. The highest BCUT2D eigenvalue weighted by Gasteiger charge is 2.31. The molecule has 0 radical (unpaired) electrons. The van der Waals surface area contributed by atoms with Gasteiger partial charge in [-0.3, -0.25) is 0 Å². The van der Waals surface area contributed by atoms with Crippen molar-refractivity contribution in [3.05, 3.63) is 35.1 Å². The summed E-state index contributed by atoms with van der Waals surface area (Å²) >= 11 is 0. The molecule has 21 heavy (non-hydrogen) atoms. The molecule has 0 heterocycles. The van der Waals surface area contributed by atoms with E-state index in [1.165, 1.54) is 31.4 Å². The van der Waals surface area contributed by atoms with Gasteiger partial charge in [-0.05, 0) is 42.4 Å². The maximum atomic E-state index is 13.3. The number of benzene rings is 1. The smallest absolute Gasteiger partial charge is 0.170 e. The van der Waals surface area contributed by atoms with E-state index >= 15 is 0 Å². The standard InChI is InChI=1S/C16H24FN3O/c1-3-11-5-7-15(10(11)2)19-9-12-4-6-13(17)8-14(12)16(18)20-21/h4,6,8,10-11,15,19,21H,3,5,7,9H2,1-2H3,(H2,18,20). The fourth-order valence-corrected chi connectivity index (χ4v) is 3.35. The van der Waals surface area contributed by atoms with E-state index in [-0.39, 0.29) is 11.7 Å². The second-order valence-corrected chi connectivity index (χ2v) is 5.88. The lowest BCUT2D eigenvalue weighted by atomic mass is 9.93. The molecule has 1 aliphatic rings. The van der Waals surface area contributed by atoms with Crippen LogP contribution in [-0.4, -0.2) is 17.1 Å². The number of nitrogens with one attached hydrogen (secondary N) is 1. The Kier molecular flexibility index (Phi) is 5.17. The monoisotopic (exact) mass is 293 g/mol. The Morgan fingerprint density at radius 1 is 1.48 bits per heavy atom. The molecular weight excluding hydrogens is 269 g/mol. The summed E-state index contributed by atoms with van der Waals surface area (Å²) in [6.07, 6.45) is 3.64.